The minimum atomic E-state index is -4.27. The third-order valence-electron chi connectivity index (χ3n) is 7.38. The summed E-state index contributed by atoms with van der Waals surface area (Å²) in [5, 5.41) is 15.1. The lowest BCUT2D eigenvalue weighted by Crippen LogP contribution is -2.44. The first-order chi connectivity index (χ1) is 22.7. The lowest BCUT2D eigenvalue weighted by Gasteiger charge is -2.27. The van der Waals surface area contributed by atoms with Gasteiger partial charge in [0.25, 0.3) is 0 Å². The van der Waals surface area contributed by atoms with Crippen molar-refractivity contribution in [3.63, 3.8) is 0 Å². The van der Waals surface area contributed by atoms with Crippen LogP contribution in [0, 0.1) is 12.8 Å². The largest absolute Gasteiger partial charge is 0.459 e. The zero-order valence-electron chi connectivity index (χ0n) is 29.5. The van der Waals surface area contributed by atoms with E-state index in [4.69, 9.17) is 30.0 Å². The molecule has 1 saturated heterocycles. The van der Waals surface area contributed by atoms with E-state index in [1.54, 1.807) is 45.0 Å². The van der Waals surface area contributed by atoms with Crippen molar-refractivity contribution in [3.8, 4) is 5.75 Å². The lowest BCUT2D eigenvalue weighted by molar-refractivity contribution is -0.156. The summed E-state index contributed by atoms with van der Waals surface area (Å²) < 4.78 is 62.8. The number of hydrazine groups is 1. The van der Waals surface area contributed by atoms with Gasteiger partial charge in [-0.2, -0.15) is 5.09 Å². The van der Waals surface area contributed by atoms with E-state index in [0.29, 0.717) is 12.8 Å². The molecule has 1 aliphatic rings. The van der Waals surface area contributed by atoms with Crippen LogP contribution in [0.5, 0.6) is 5.75 Å². The van der Waals surface area contributed by atoms with E-state index in [1.807, 2.05) is 20.8 Å². The van der Waals surface area contributed by atoms with Crippen LogP contribution in [0.3, 0.4) is 0 Å². The highest BCUT2D eigenvalue weighted by atomic mass is 32.2. The number of nitrogens with zero attached hydrogens (tertiary/aromatic N) is 4. The van der Waals surface area contributed by atoms with Crippen LogP contribution >= 0.6 is 7.75 Å². The normalized spacial score (nSPS) is 22.7. The van der Waals surface area contributed by atoms with Gasteiger partial charge < -0.3 is 30.6 Å². The van der Waals surface area contributed by atoms with Crippen LogP contribution in [0.1, 0.15) is 71.9 Å². The van der Waals surface area contributed by atoms with Gasteiger partial charge >= 0.3 is 13.7 Å². The van der Waals surface area contributed by atoms with E-state index >= 15 is 0 Å². The molecule has 0 saturated carbocycles. The maximum absolute atomic E-state index is 14.1. The van der Waals surface area contributed by atoms with Crippen molar-refractivity contribution in [1.82, 2.24) is 24.5 Å². The highest BCUT2D eigenvalue weighted by Crippen LogP contribution is 2.47. The molecule has 1 aliphatic heterocycles. The number of aliphatic hydroxyl groups is 1. The number of aliphatic imine (C=N–C) groups is 1. The summed E-state index contributed by atoms with van der Waals surface area (Å²) in [6.45, 7) is 11.8. The van der Waals surface area contributed by atoms with Crippen molar-refractivity contribution in [2.45, 2.75) is 97.6 Å². The van der Waals surface area contributed by atoms with Gasteiger partial charge in [-0.1, -0.05) is 31.5 Å². The van der Waals surface area contributed by atoms with E-state index in [0.717, 1.165) is 16.8 Å². The number of rotatable bonds is 15. The van der Waals surface area contributed by atoms with Gasteiger partial charge in [0, 0.05) is 13.0 Å². The second-order valence-corrected chi connectivity index (χ2v) is 16.4. The Labute approximate surface area is 288 Å². The van der Waals surface area contributed by atoms with Crippen LogP contribution in [-0.4, -0.2) is 89.8 Å². The molecule has 1 aromatic heterocycles. The number of carbonyl (C=O) groups excluding carboxylic acids is 1. The molecule has 17 nitrogen and oxygen atoms in total. The number of carbonyl (C=O) groups is 1. The molecule has 0 amide bonds. The van der Waals surface area contributed by atoms with Crippen LogP contribution in [0.2, 0.25) is 0 Å². The summed E-state index contributed by atoms with van der Waals surface area (Å²) in [7, 11) is -6.52. The number of nitrogens with one attached hydrogen (secondary N) is 2. The monoisotopic (exact) mass is 730 g/mol. The van der Waals surface area contributed by atoms with E-state index < -0.39 is 72.5 Å². The van der Waals surface area contributed by atoms with Gasteiger partial charge in [-0.05, 0) is 59.6 Å². The van der Waals surface area contributed by atoms with Gasteiger partial charge in [0.1, 0.15) is 41.2 Å². The molecule has 7 N–H and O–H groups in total. The number of nitrogen functional groups attached to an aromatic ring is 1. The number of aryl methyl sites for hydroxylation is 1. The first-order valence-electron chi connectivity index (χ1n) is 15.9. The zero-order valence-corrected chi connectivity index (χ0v) is 31.2. The fraction of sp³-hybridized carbons (Fsp3) is 0.633. The number of nitrogens with two attached hydrogens (primary N) is 2. The van der Waals surface area contributed by atoms with Crippen molar-refractivity contribution in [2.75, 3.05) is 25.6 Å². The van der Waals surface area contributed by atoms with Crippen LogP contribution in [0.4, 0.5) is 5.82 Å². The summed E-state index contributed by atoms with van der Waals surface area (Å²) in [4.78, 5) is 23.9. The predicted octanol–water partition coefficient (Wildman–Crippen LogP) is 2.42. The maximum Gasteiger partial charge on any atom is 0.459 e. The first-order valence-corrected chi connectivity index (χ1v) is 19.3. The number of amidine groups is 1. The lowest BCUT2D eigenvalue weighted by atomic mass is 9.97. The molecule has 19 heteroatoms. The number of hydrogen-bond donors (Lipinski definition) is 5. The number of hydrogen-bond acceptors (Lipinski definition) is 13. The molecule has 0 aliphatic carbocycles. The fourth-order valence-electron chi connectivity index (χ4n) is 4.93. The van der Waals surface area contributed by atoms with Crippen LogP contribution in [0.15, 0.2) is 35.6 Å². The average molecular weight is 731 g/mol. The van der Waals surface area contributed by atoms with Crippen molar-refractivity contribution >= 4 is 35.4 Å². The van der Waals surface area contributed by atoms with E-state index in [-0.39, 0.29) is 23.1 Å². The minimum absolute atomic E-state index is 0.0712. The Morgan fingerprint density at radius 2 is 1.90 bits per heavy atom. The molecule has 0 radical (unpaired) electrons. The summed E-state index contributed by atoms with van der Waals surface area (Å²) >= 11 is 0. The van der Waals surface area contributed by atoms with E-state index in [1.165, 1.54) is 24.9 Å². The summed E-state index contributed by atoms with van der Waals surface area (Å²) in [6.07, 6.45) is -0.363. The number of esters is 1. The molecular weight excluding hydrogens is 679 g/mol. The molecular formula is C30H51N8O9PS. The van der Waals surface area contributed by atoms with Crippen LogP contribution < -0.4 is 25.9 Å². The second-order valence-electron chi connectivity index (χ2n) is 12.9. The molecule has 49 heavy (non-hydrogen) atoms. The number of aliphatic hydroxyl groups excluding tert-OH is 1. The van der Waals surface area contributed by atoms with E-state index in [9.17, 15) is 22.9 Å². The molecule has 7 atom stereocenters. The standard InChI is InChI=1S/C30H51N8O9PS/c1-10-21-25(39)22(16-44-48(41,47-20-14-12-18(3)13-15-20)35-19(4)29(40)46-30(5,6)7)45-28(21)38-17-33-24(26(38)32)27(34-23(31)11-2)37(8)36-49(9,42)43/h12-15,17,19,21-23,25,28,36,39H,10-11,16,31-32H2,1-9H3,(H,35,41)/b34-27+/t19?,21?,22?,23?,25-,28?,48?/m0/s1. The molecule has 0 spiro atoms. The predicted molar refractivity (Wildman–Crippen MR) is 185 cm³/mol. The Balaban J connectivity index is 1.88. The summed E-state index contributed by atoms with van der Waals surface area (Å²) in [5.41, 5.74) is 12.9. The molecule has 6 unspecified atom stereocenters. The van der Waals surface area contributed by atoms with Gasteiger partial charge in [0.05, 0.1) is 31.5 Å². The maximum atomic E-state index is 14.1. The summed E-state index contributed by atoms with van der Waals surface area (Å²) in [6, 6.07) is 5.67. The highest BCUT2D eigenvalue weighted by Gasteiger charge is 2.46. The van der Waals surface area contributed by atoms with Crippen molar-refractivity contribution in [1.29, 1.82) is 0 Å². The van der Waals surface area contributed by atoms with Gasteiger partial charge in [-0.15, -0.1) is 4.83 Å². The van der Waals surface area contributed by atoms with Crippen LogP contribution in [-0.2, 0) is 33.4 Å². The highest BCUT2D eigenvalue weighted by molar-refractivity contribution is 7.88. The number of benzene rings is 1. The smallest absolute Gasteiger partial charge is 0.459 e. The van der Waals surface area contributed by atoms with Crippen molar-refractivity contribution in [2.24, 2.45) is 16.6 Å². The molecule has 1 aromatic carbocycles. The molecule has 3 rings (SSSR count). The van der Waals surface area contributed by atoms with Gasteiger partial charge in [0.2, 0.25) is 10.0 Å². The fourth-order valence-corrected chi connectivity index (χ4v) is 7.02. The quantitative estimate of drug-likeness (QED) is 0.0582. The van der Waals surface area contributed by atoms with Gasteiger partial charge in [-0.25, -0.2) is 23.0 Å². The first kappa shape index (κ1) is 40.3. The van der Waals surface area contributed by atoms with Crippen molar-refractivity contribution < 1.29 is 41.4 Å². The molecule has 2 aromatic rings. The van der Waals surface area contributed by atoms with Crippen LogP contribution in [0.25, 0.3) is 0 Å². The third-order valence-corrected chi connectivity index (χ3v) is 9.63. The Bertz CT molecular complexity index is 1610. The van der Waals surface area contributed by atoms with Gasteiger partial charge in [0.15, 0.2) is 5.84 Å². The Morgan fingerprint density at radius 1 is 1.27 bits per heavy atom. The number of imidazole rings is 1. The van der Waals surface area contributed by atoms with Crippen molar-refractivity contribution in [3.05, 3.63) is 41.9 Å². The molecule has 2 heterocycles. The Hall–Kier alpha value is -3.09. The SMILES string of the molecule is CCC(N)/N=C(\c1ncn(C2OC(COP(=O)(NC(C)C(=O)OC(C)(C)C)Oc3ccc(C)cc3)[C@@H](O)C2CC)c1N)N(C)NS(C)(=O)=O. The Kier molecular flexibility index (Phi) is 13.4. The topological polar surface area (TPSA) is 235 Å². The number of sulfonamides is 1. The number of ether oxygens (including phenoxy) is 2. The molecule has 0 bridgehead atoms. The molecule has 1 fully saturated rings. The minimum Gasteiger partial charge on any atom is -0.459 e. The van der Waals surface area contributed by atoms with Gasteiger partial charge in [-0.3, -0.25) is 18.9 Å². The average Bonchev–Trinajstić information content (AvgIpc) is 3.52. The summed E-state index contributed by atoms with van der Waals surface area (Å²) in [5.74, 6) is -0.818. The second kappa shape index (κ2) is 16.3. The third kappa shape index (κ3) is 11.2. The van der Waals surface area contributed by atoms with E-state index in [2.05, 4.69) is 19.9 Å². The Morgan fingerprint density at radius 3 is 2.45 bits per heavy atom. The number of anilines is 1. The molecule has 276 valence electrons. The number of aromatic nitrogens is 2. The zero-order chi connectivity index (χ0) is 36.9.